The molecule has 0 radical (unpaired) electrons. The molecular formula is C14H22BrN3O2S. The molecule has 1 aromatic rings. The topological polar surface area (TPSA) is 70.2 Å². The molecule has 21 heavy (non-hydrogen) atoms. The van der Waals surface area contributed by atoms with Crippen LogP contribution in [0.3, 0.4) is 0 Å². The van der Waals surface area contributed by atoms with Crippen molar-refractivity contribution in [1.82, 2.24) is 16.0 Å². The van der Waals surface area contributed by atoms with Crippen LogP contribution in [0, 0.1) is 0 Å². The third kappa shape index (κ3) is 6.95. The zero-order chi connectivity index (χ0) is 15.8. The number of nitrogens with one attached hydrogen (secondary N) is 3. The Kier molecular flexibility index (Phi) is 7.74. The molecule has 118 valence electrons. The minimum atomic E-state index is -0.546. The van der Waals surface area contributed by atoms with Crippen LogP contribution < -0.4 is 16.0 Å². The van der Waals surface area contributed by atoms with Crippen LogP contribution in [-0.2, 0) is 11.2 Å². The number of halogens is 1. The largest absolute Gasteiger partial charge is 0.352 e. The Labute approximate surface area is 138 Å². The van der Waals surface area contributed by atoms with Gasteiger partial charge in [-0.3, -0.25) is 4.79 Å². The van der Waals surface area contributed by atoms with Crippen LogP contribution >= 0.6 is 27.3 Å². The van der Waals surface area contributed by atoms with Crippen LogP contribution in [0.4, 0.5) is 4.79 Å². The molecule has 1 heterocycles. The molecule has 0 bridgehead atoms. The third-order valence-electron chi connectivity index (χ3n) is 3.03. The van der Waals surface area contributed by atoms with E-state index in [9.17, 15) is 9.59 Å². The fourth-order valence-corrected chi connectivity index (χ4v) is 3.05. The molecule has 3 N–H and O–H groups in total. The minimum absolute atomic E-state index is 0.113. The Morgan fingerprint density at radius 3 is 2.57 bits per heavy atom. The fourth-order valence-electron chi connectivity index (χ4n) is 1.57. The lowest BCUT2D eigenvalue weighted by molar-refractivity contribution is -0.123. The Bertz CT molecular complexity index is 479. The summed E-state index contributed by atoms with van der Waals surface area (Å²) in [5, 5.41) is 8.22. The molecular weight excluding hydrogens is 354 g/mol. The smallest absolute Gasteiger partial charge is 0.315 e. The molecule has 5 nitrogen and oxygen atoms in total. The molecule has 7 heteroatoms. The number of hydrogen-bond donors (Lipinski definition) is 3. The van der Waals surface area contributed by atoms with Gasteiger partial charge >= 0.3 is 6.03 Å². The van der Waals surface area contributed by atoms with Gasteiger partial charge in [-0.05, 0) is 54.8 Å². The van der Waals surface area contributed by atoms with E-state index >= 15 is 0 Å². The van der Waals surface area contributed by atoms with Crippen molar-refractivity contribution in [1.29, 1.82) is 0 Å². The quantitative estimate of drug-likeness (QED) is 0.685. The second-order valence-corrected chi connectivity index (χ2v) is 7.44. The van der Waals surface area contributed by atoms with Gasteiger partial charge in [-0.2, -0.15) is 0 Å². The Balaban J connectivity index is 2.24. The van der Waals surface area contributed by atoms with Gasteiger partial charge in [0, 0.05) is 17.5 Å². The number of hydrogen-bond acceptors (Lipinski definition) is 3. The maximum Gasteiger partial charge on any atom is 0.315 e. The highest BCUT2D eigenvalue weighted by atomic mass is 79.9. The summed E-state index contributed by atoms with van der Waals surface area (Å²) in [6.07, 6.45) is 1.64. The summed E-state index contributed by atoms with van der Waals surface area (Å²) in [5.41, 5.74) is 0. The number of carbonyl (C=O) groups excluding carboxylic acids is 2. The van der Waals surface area contributed by atoms with Gasteiger partial charge in [0.05, 0.1) is 3.79 Å². The van der Waals surface area contributed by atoms with Gasteiger partial charge in [0.1, 0.15) is 6.04 Å². The molecule has 0 aliphatic rings. The molecule has 0 spiro atoms. The second-order valence-electron chi connectivity index (χ2n) is 4.90. The van der Waals surface area contributed by atoms with Gasteiger partial charge in [0.2, 0.25) is 5.91 Å². The van der Waals surface area contributed by atoms with E-state index in [1.54, 1.807) is 18.3 Å². The van der Waals surface area contributed by atoms with E-state index in [1.807, 2.05) is 26.0 Å². The second kappa shape index (κ2) is 9.04. The number of urea groups is 1. The van der Waals surface area contributed by atoms with Crippen LogP contribution in [0.1, 0.15) is 32.1 Å². The summed E-state index contributed by atoms with van der Waals surface area (Å²) in [6, 6.07) is 3.26. The highest BCUT2D eigenvalue weighted by Crippen LogP contribution is 2.21. The summed E-state index contributed by atoms with van der Waals surface area (Å²) >= 11 is 5.05. The molecule has 1 aromatic heterocycles. The maximum absolute atomic E-state index is 11.8. The van der Waals surface area contributed by atoms with E-state index in [-0.39, 0.29) is 18.0 Å². The molecule has 1 rings (SSSR count). The van der Waals surface area contributed by atoms with Crippen molar-refractivity contribution in [2.45, 2.75) is 45.7 Å². The van der Waals surface area contributed by atoms with Gasteiger partial charge in [-0.15, -0.1) is 11.3 Å². The summed E-state index contributed by atoms with van der Waals surface area (Å²) in [7, 11) is 0. The molecule has 2 atom stereocenters. The first-order chi connectivity index (χ1) is 9.92. The molecule has 2 unspecified atom stereocenters. The van der Waals surface area contributed by atoms with Crippen LogP contribution in [0.15, 0.2) is 15.9 Å². The maximum atomic E-state index is 11.8. The van der Waals surface area contributed by atoms with Crippen LogP contribution in [0.5, 0.6) is 0 Å². The van der Waals surface area contributed by atoms with Crippen LogP contribution in [0.2, 0.25) is 0 Å². The van der Waals surface area contributed by atoms with Crippen molar-refractivity contribution in [2.75, 3.05) is 6.54 Å². The molecule has 0 aliphatic carbocycles. The molecule has 0 saturated carbocycles. The molecule has 0 aromatic carbocycles. The van der Waals surface area contributed by atoms with Gasteiger partial charge in [-0.1, -0.05) is 6.92 Å². The van der Waals surface area contributed by atoms with E-state index < -0.39 is 6.04 Å². The zero-order valence-corrected chi connectivity index (χ0v) is 14.9. The molecule has 0 aliphatic heterocycles. The zero-order valence-electron chi connectivity index (χ0n) is 12.5. The Hall–Kier alpha value is -1.08. The highest BCUT2D eigenvalue weighted by Gasteiger charge is 2.16. The predicted molar refractivity (Wildman–Crippen MR) is 89.6 cm³/mol. The Morgan fingerprint density at radius 2 is 2.00 bits per heavy atom. The average molecular weight is 376 g/mol. The van der Waals surface area contributed by atoms with Gasteiger partial charge < -0.3 is 16.0 Å². The third-order valence-corrected chi connectivity index (χ3v) is 4.71. The van der Waals surface area contributed by atoms with E-state index in [4.69, 9.17) is 0 Å². The summed E-state index contributed by atoms with van der Waals surface area (Å²) in [6.45, 7) is 6.15. The van der Waals surface area contributed by atoms with E-state index in [2.05, 4.69) is 31.9 Å². The Morgan fingerprint density at radius 1 is 1.29 bits per heavy atom. The monoisotopic (exact) mass is 375 g/mol. The normalized spacial score (nSPS) is 13.3. The fraction of sp³-hybridized carbons (Fsp3) is 0.571. The van der Waals surface area contributed by atoms with Gasteiger partial charge in [0.25, 0.3) is 0 Å². The summed E-state index contributed by atoms with van der Waals surface area (Å²) in [5.74, 6) is -0.165. The first-order valence-corrected chi connectivity index (χ1v) is 8.62. The van der Waals surface area contributed by atoms with Crippen molar-refractivity contribution in [3.63, 3.8) is 0 Å². The standard InChI is InChI=1S/C14H22BrN3O2S/c1-4-9(2)17-13(19)10(3)18-14(20)16-8-7-11-5-6-12(15)21-11/h5-6,9-10H,4,7-8H2,1-3H3,(H,17,19)(H2,16,18,20). The van der Waals surface area contributed by atoms with Crippen molar-refractivity contribution >= 4 is 39.2 Å². The highest BCUT2D eigenvalue weighted by molar-refractivity contribution is 9.11. The van der Waals surface area contributed by atoms with Gasteiger partial charge in [0.15, 0.2) is 0 Å². The van der Waals surface area contributed by atoms with Crippen LogP contribution in [0.25, 0.3) is 0 Å². The van der Waals surface area contributed by atoms with E-state index in [1.165, 1.54) is 4.88 Å². The first-order valence-electron chi connectivity index (χ1n) is 7.01. The number of carbonyl (C=O) groups is 2. The number of rotatable bonds is 7. The summed E-state index contributed by atoms with van der Waals surface area (Å²) in [4.78, 5) is 24.7. The van der Waals surface area contributed by atoms with E-state index in [0.29, 0.717) is 6.54 Å². The average Bonchev–Trinajstić information content (AvgIpc) is 2.84. The number of thiophene rings is 1. The lowest BCUT2D eigenvalue weighted by Gasteiger charge is -2.17. The first kappa shape index (κ1) is 18.0. The van der Waals surface area contributed by atoms with Crippen molar-refractivity contribution in [3.8, 4) is 0 Å². The van der Waals surface area contributed by atoms with Crippen molar-refractivity contribution in [2.24, 2.45) is 0 Å². The molecule has 0 saturated heterocycles. The van der Waals surface area contributed by atoms with Crippen molar-refractivity contribution < 1.29 is 9.59 Å². The van der Waals surface area contributed by atoms with Crippen molar-refractivity contribution in [3.05, 3.63) is 20.8 Å². The lowest BCUT2D eigenvalue weighted by Crippen LogP contribution is -2.50. The lowest BCUT2D eigenvalue weighted by atomic mass is 10.2. The van der Waals surface area contributed by atoms with Gasteiger partial charge in [-0.25, -0.2) is 4.79 Å². The number of amides is 3. The van der Waals surface area contributed by atoms with E-state index in [0.717, 1.165) is 16.6 Å². The molecule has 0 fully saturated rings. The predicted octanol–water partition coefficient (Wildman–Crippen LogP) is 2.66. The minimum Gasteiger partial charge on any atom is -0.352 e. The molecule has 3 amide bonds. The SMILES string of the molecule is CCC(C)NC(=O)C(C)NC(=O)NCCc1ccc(Br)s1. The summed E-state index contributed by atoms with van der Waals surface area (Å²) < 4.78 is 1.08. The van der Waals surface area contributed by atoms with Crippen LogP contribution in [-0.4, -0.2) is 30.6 Å².